The molecule has 0 amide bonds. The van der Waals surface area contributed by atoms with Gasteiger partial charge >= 0.3 is 0 Å². The molecule has 0 radical (unpaired) electrons. The van der Waals surface area contributed by atoms with Gasteiger partial charge in [0.15, 0.2) is 0 Å². The first kappa shape index (κ1) is 14.9. The molecule has 0 unspecified atom stereocenters. The molecule has 0 spiro atoms. The summed E-state index contributed by atoms with van der Waals surface area (Å²) in [6.07, 6.45) is 6.81. The van der Waals surface area contributed by atoms with E-state index >= 15 is 0 Å². The summed E-state index contributed by atoms with van der Waals surface area (Å²) in [7, 11) is 0. The predicted octanol–water partition coefficient (Wildman–Crippen LogP) is 2.56. The zero-order valence-corrected chi connectivity index (χ0v) is 12.0. The Balaban J connectivity index is 0.00000169. The maximum atomic E-state index is 5.61. The van der Waals surface area contributed by atoms with E-state index in [0.717, 1.165) is 0 Å². The van der Waals surface area contributed by atoms with E-state index in [1.54, 1.807) is 0 Å². The second kappa shape index (κ2) is 9.14. The minimum Gasteiger partial charge on any atom is -0.476 e. The molecule has 0 bridgehead atoms. The molecule has 5 heteroatoms. The van der Waals surface area contributed by atoms with Crippen LogP contribution in [0.4, 0.5) is 0 Å². The predicted molar refractivity (Wildman–Crippen MR) is 60.4 cm³/mol. The first-order chi connectivity index (χ1) is 6.29. The molecule has 1 saturated carbocycles. The number of thiol groups is 1. The van der Waals surface area contributed by atoms with E-state index in [0.29, 0.717) is 23.7 Å². The Morgan fingerprint density at radius 3 is 2.43 bits per heavy atom. The van der Waals surface area contributed by atoms with Gasteiger partial charge in [0.2, 0.25) is 4.38 Å². The third kappa shape index (κ3) is 7.22. The maximum absolute atomic E-state index is 5.61. The van der Waals surface area contributed by atoms with E-state index in [2.05, 4.69) is 24.8 Å². The molecule has 14 heavy (non-hydrogen) atoms. The molecule has 86 valence electrons. The van der Waals surface area contributed by atoms with Crippen LogP contribution in [0.1, 0.15) is 32.1 Å². The smallest absolute Gasteiger partial charge is 0.216 e. The van der Waals surface area contributed by atoms with E-state index < -0.39 is 0 Å². The van der Waals surface area contributed by atoms with Gasteiger partial charge in [0, 0.05) is 21.1 Å². The number of thiocarbonyl (C=S) groups is 1. The number of hydrogen-bond donors (Lipinski definition) is 1. The third-order valence-corrected chi connectivity index (χ3v) is 2.46. The largest absolute Gasteiger partial charge is 0.476 e. The van der Waals surface area contributed by atoms with Crippen molar-refractivity contribution >= 4 is 29.2 Å². The zero-order chi connectivity index (χ0) is 9.52. The van der Waals surface area contributed by atoms with Crippen LogP contribution in [0.3, 0.4) is 0 Å². The van der Waals surface area contributed by atoms with Crippen molar-refractivity contribution in [3.63, 3.8) is 0 Å². The topological polar surface area (TPSA) is 18.5 Å². The molecule has 1 aliphatic rings. The van der Waals surface area contributed by atoms with Crippen molar-refractivity contribution in [2.45, 2.75) is 38.2 Å². The molecule has 1 rings (SSSR count). The second-order valence-corrected chi connectivity index (χ2v) is 4.32. The van der Waals surface area contributed by atoms with Gasteiger partial charge in [-0.05, 0) is 25.1 Å². The monoisotopic (exact) mass is 415 g/mol. The van der Waals surface area contributed by atoms with Gasteiger partial charge in [-0.3, -0.25) is 0 Å². The molecule has 0 N–H and O–H groups in total. The molecule has 0 aromatic carbocycles. The van der Waals surface area contributed by atoms with Crippen molar-refractivity contribution in [3.05, 3.63) is 0 Å². The Hall–Kier alpha value is 0.888. The van der Waals surface area contributed by atoms with E-state index in [-0.39, 0.29) is 21.1 Å². The summed E-state index contributed by atoms with van der Waals surface area (Å²) in [4.78, 5) is 0. The molecule has 1 fully saturated rings. The summed E-state index contributed by atoms with van der Waals surface area (Å²) in [5.41, 5.74) is 0. The quantitative estimate of drug-likeness (QED) is 0.433. The second-order valence-electron chi connectivity index (χ2n) is 3.25. The van der Waals surface area contributed by atoms with Gasteiger partial charge in [-0.1, -0.05) is 31.9 Å². The minimum atomic E-state index is 0. The molecule has 0 aromatic rings. The van der Waals surface area contributed by atoms with Gasteiger partial charge in [0.25, 0.3) is 0 Å². The molecule has 2 nitrogen and oxygen atoms in total. The van der Waals surface area contributed by atoms with Crippen LogP contribution in [0.25, 0.3) is 0 Å². The molecule has 0 saturated heterocycles. The fraction of sp³-hybridized carbons (Fsp3) is 0.889. The van der Waals surface area contributed by atoms with Crippen LogP contribution >= 0.6 is 24.8 Å². The van der Waals surface area contributed by atoms with E-state index in [4.69, 9.17) is 9.47 Å². The van der Waals surface area contributed by atoms with Crippen LogP contribution in [-0.2, 0) is 30.5 Å². The van der Waals surface area contributed by atoms with Crippen molar-refractivity contribution < 1.29 is 30.5 Å². The summed E-state index contributed by atoms with van der Waals surface area (Å²) < 4.78 is 10.9. The average Bonchev–Trinajstić information content (AvgIpc) is 2.14. The van der Waals surface area contributed by atoms with Gasteiger partial charge in [-0.15, -0.1) is 0 Å². The maximum Gasteiger partial charge on any atom is 0.216 e. The molecule has 0 atom stereocenters. The van der Waals surface area contributed by atoms with Gasteiger partial charge in [-0.2, -0.15) is 0 Å². The Morgan fingerprint density at radius 1 is 1.21 bits per heavy atom. The number of hydrogen-bond acceptors (Lipinski definition) is 3. The SMILES string of the molecule is S=C(S)OCCOC1CCCCC1.[Pt]. The first-order valence-corrected chi connectivity index (χ1v) is 5.62. The van der Waals surface area contributed by atoms with E-state index in [1.807, 2.05) is 0 Å². The van der Waals surface area contributed by atoms with Crippen molar-refractivity contribution in [1.29, 1.82) is 0 Å². The Kier molecular flexibility index (Phi) is 9.72. The molecule has 1 aliphatic carbocycles. The Bertz CT molecular complexity index is 161. The standard InChI is InChI=1S/C9H16O2S2.Pt/c12-9(13)11-7-6-10-8-4-2-1-3-5-8;/h8H,1-7H2,(H,12,13);. The van der Waals surface area contributed by atoms with E-state index in [1.165, 1.54) is 32.1 Å². The number of ether oxygens (including phenoxy) is 2. The summed E-state index contributed by atoms with van der Waals surface area (Å²) in [6, 6.07) is 0. The summed E-state index contributed by atoms with van der Waals surface area (Å²) >= 11 is 8.50. The van der Waals surface area contributed by atoms with Crippen LogP contribution in [0.15, 0.2) is 0 Å². The Labute approximate surface area is 111 Å². The fourth-order valence-corrected chi connectivity index (χ4v) is 1.75. The van der Waals surface area contributed by atoms with Gasteiger partial charge in [0.1, 0.15) is 6.61 Å². The van der Waals surface area contributed by atoms with Crippen LogP contribution in [0, 0.1) is 0 Å². The zero-order valence-electron chi connectivity index (χ0n) is 8.02. The van der Waals surface area contributed by atoms with Crippen molar-refractivity contribution in [1.82, 2.24) is 0 Å². The number of rotatable bonds is 4. The van der Waals surface area contributed by atoms with E-state index in [9.17, 15) is 0 Å². The molecular weight excluding hydrogens is 399 g/mol. The summed E-state index contributed by atoms with van der Waals surface area (Å²) in [5.74, 6) is 0. The first-order valence-electron chi connectivity index (χ1n) is 4.76. The normalized spacial score (nSPS) is 17.2. The van der Waals surface area contributed by atoms with Gasteiger partial charge in [0.05, 0.1) is 12.7 Å². The molecule has 0 aliphatic heterocycles. The van der Waals surface area contributed by atoms with Gasteiger partial charge < -0.3 is 9.47 Å². The third-order valence-electron chi connectivity index (χ3n) is 2.21. The van der Waals surface area contributed by atoms with Crippen LogP contribution < -0.4 is 0 Å². The van der Waals surface area contributed by atoms with Crippen LogP contribution in [0.5, 0.6) is 0 Å². The van der Waals surface area contributed by atoms with Crippen LogP contribution in [-0.4, -0.2) is 23.7 Å². The van der Waals surface area contributed by atoms with Crippen molar-refractivity contribution in [2.75, 3.05) is 13.2 Å². The Morgan fingerprint density at radius 2 is 1.86 bits per heavy atom. The molecule has 0 heterocycles. The summed E-state index contributed by atoms with van der Waals surface area (Å²) in [6.45, 7) is 1.16. The van der Waals surface area contributed by atoms with Gasteiger partial charge in [-0.25, -0.2) is 0 Å². The fourth-order valence-electron chi connectivity index (χ4n) is 1.58. The molecular formula is C9H16O2PtS2. The molecule has 0 aromatic heterocycles. The average molecular weight is 415 g/mol. The minimum absolute atomic E-state index is 0. The summed E-state index contributed by atoms with van der Waals surface area (Å²) in [5, 5.41) is 0. The van der Waals surface area contributed by atoms with Crippen molar-refractivity contribution in [3.8, 4) is 0 Å². The van der Waals surface area contributed by atoms with Crippen molar-refractivity contribution in [2.24, 2.45) is 0 Å². The van der Waals surface area contributed by atoms with Crippen LogP contribution in [0.2, 0.25) is 0 Å².